The van der Waals surface area contributed by atoms with Gasteiger partial charge in [-0.2, -0.15) is 0 Å². The minimum atomic E-state index is -2.95. The van der Waals surface area contributed by atoms with Crippen molar-refractivity contribution in [3.05, 3.63) is 71.7 Å². The van der Waals surface area contributed by atoms with Crippen molar-refractivity contribution in [2.45, 2.75) is 38.6 Å². The molecule has 1 amide bonds. The third-order valence-corrected chi connectivity index (χ3v) is 9.13. The summed E-state index contributed by atoms with van der Waals surface area (Å²) in [5.41, 5.74) is 4.29. The van der Waals surface area contributed by atoms with E-state index in [1.54, 1.807) is 16.8 Å². The van der Waals surface area contributed by atoms with E-state index in [1.807, 2.05) is 25.1 Å². The van der Waals surface area contributed by atoms with Gasteiger partial charge in [-0.15, -0.1) is 5.10 Å². The van der Waals surface area contributed by atoms with Crippen molar-refractivity contribution in [1.29, 1.82) is 0 Å². The third kappa shape index (κ3) is 5.79. The van der Waals surface area contributed by atoms with E-state index in [0.717, 1.165) is 24.0 Å². The molecule has 1 aliphatic heterocycles. The van der Waals surface area contributed by atoms with E-state index in [0.29, 0.717) is 47.7 Å². The summed E-state index contributed by atoms with van der Waals surface area (Å²) in [4.78, 5) is 17.3. The van der Waals surface area contributed by atoms with Crippen LogP contribution in [0.1, 0.15) is 41.6 Å². The summed E-state index contributed by atoms with van der Waals surface area (Å²) in [6, 6.07) is 13.3. The predicted octanol–water partition coefficient (Wildman–Crippen LogP) is 4.77. The van der Waals surface area contributed by atoms with Crippen LogP contribution in [-0.2, 0) is 9.84 Å². The Morgan fingerprint density at radius 2 is 1.82 bits per heavy atom. The lowest BCUT2D eigenvalue weighted by atomic mass is 10.0. The Labute approximate surface area is 231 Å². The molecule has 2 fully saturated rings. The first-order chi connectivity index (χ1) is 19.2. The minimum absolute atomic E-state index is 0.0696. The van der Waals surface area contributed by atoms with E-state index in [2.05, 4.69) is 20.7 Å². The van der Waals surface area contributed by atoms with Crippen LogP contribution in [-0.4, -0.2) is 53.0 Å². The average molecular weight is 564 g/mol. The van der Waals surface area contributed by atoms with Gasteiger partial charge in [0.05, 0.1) is 29.1 Å². The SMILES string of the molecule is Cc1cc(-c2cnc3c(NCC4CCS(=O)(=O)CC4)cc(Oc4ccc(F)cc4)nn23)ccc1C(=O)NC1CC1. The average Bonchev–Trinajstić information content (AvgIpc) is 3.64. The fraction of sp³-hybridized carbons (Fsp3) is 0.345. The van der Waals surface area contributed by atoms with E-state index in [4.69, 9.17) is 4.74 Å². The van der Waals surface area contributed by atoms with Crippen LogP contribution in [0.3, 0.4) is 0 Å². The van der Waals surface area contributed by atoms with Crippen LogP contribution in [0.5, 0.6) is 11.6 Å². The highest BCUT2D eigenvalue weighted by atomic mass is 32.2. The van der Waals surface area contributed by atoms with Crippen molar-refractivity contribution >= 4 is 27.1 Å². The molecule has 40 heavy (non-hydrogen) atoms. The van der Waals surface area contributed by atoms with Crippen LogP contribution in [0.2, 0.25) is 0 Å². The Hall–Kier alpha value is -3.99. The molecule has 6 rings (SSSR count). The summed E-state index contributed by atoms with van der Waals surface area (Å²) in [6.45, 7) is 2.49. The fourth-order valence-corrected chi connectivity index (χ4v) is 6.50. The molecule has 9 nitrogen and oxygen atoms in total. The van der Waals surface area contributed by atoms with Crippen LogP contribution in [0, 0.1) is 18.7 Å². The fourth-order valence-electron chi connectivity index (χ4n) is 4.91. The van der Waals surface area contributed by atoms with E-state index in [9.17, 15) is 17.6 Å². The maximum absolute atomic E-state index is 13.4. The molecular formula is C29H30FN5O4S. The molecule has 2 aliphatic rings. The molecule has 0 radical (unpaired) electrons. The second kappa shape index (κ2) is 10.5. The van der Waals surface area contributed by atoms with Gasteiger partial charge in [-0.1, -0.05) is 6.07 Å². The summed E-state index contributed by atoms with van der Waals surface area (Å²) < 4.78 is 44.8. The van der Waals surface area contributed by atoms with Crippen LogP contribution in [0.4, 0.5) is 10.1 Å². The summed E-state index contributed by atoms with van der Waals surface area (Å²) in [7, 11) is -2.95. The van der Waals surface area contributed by atoms with Crippen LogP contribution < -0.4 is 15.4 Å². The molecule has 1 saturated heterocycles. The highest BCUT2D eigenvalue weighted by Crippen LogP contribution is 2.31. The number of anilines is 1. The van der Waals surface area contributed by atoms with Gasteiger partial charge in [0.2, 0.25) is 5.88 Å². The Morgan fingerprint density at radius 3 is 2.52 bits per heavy atom. The van der Waals surface area contributed by atoms with Crippen molar-refractivity contribution in [3.8, 4) is 22.9 Å². The topological polar surface area (TPSA) is 115 Å². The number of rotatable bonds is 8. The lowest BCUT2D eigenvalue weighted by Crippen LogP contribution is -2.27. The van der Waals surface area contributed by atoms with Gasteiger partial charge < -0.3 is 15.4 Å². The van der Waals surface area contributed by atoms with Gasteiger partial charge in [0.15, 0.2) is 5.65 Å². The maximum Gasteiger partial charge on any atom is 0.251 e. The molecule has 2 aromatic heterocycles. The largest absolute Gasteiger partial charge is 0.438 e. The van der Waals surface area contributed by atoms with Crippen molar-refractivity contribution in [1.82, 2.24) is 19.9 Å². The molecule has 0 spiro atoms. The summed E-state index contributed by atoms with van der Waals surface area (Å²) in [5.74, 6) is 0.889. The number of benzene rings is 2. The minimum Gasteiger partial charge on any atom is -0.438 e. The maximum atomic E-state index is 13.4. The van der Waals surface area contributed by atoms with Crippen molar-refractivity contribution in [3.63, 3.8) is 0 Å². The first-order valence-electron chi connectivity index (χ1n) is 13.4. The first-order valence-corrected chi connectivity index (χ1v) is 15.2. The van der Waals surface area contributed by atoms with Gasteiger partial charge in [-0.25, -0.2) is 22.3 Å². The molecule has 2 N–H and O–H groups in total. The summed E-state index contributed by atoms with van der Waals surface area (Å²) in [6.07, 6.45) is 4.98. The zero-order valence-electron chi connectivity index (χ0n) is 22.1. The monoisotopic (exact) mass is 563 g/mol. The number of nitrogens with one attached hydrogen (secondary N) is 2. The molecule has 0 atom stereocenters. The van der Waals surface area contributed by atoms with E-state index in [-0.39, 0.29) is 41.1 Å². The van der Waals surface area contributed by atoms with Crippen molar-refractivity contribution < 1.29 is 22.3 Å². The lowest BCUT2D eigenvalue weighted by Gasteiger charge is -2.22. The van der Waals surface area contributed by atoms with Crippen molar-refractivity contribution in [2.24, 2.45) is 5.92 Å². The quantitative estimate of drug-likeness (QED) is 0.318. The number of halogens is 1. The molecule has 0 bridgehead atoms. The van der Waals surface area contributed by atoms with E-state index >= 15 is 0 Å². The predicted molar refractivity (Wildman–Crippen MR) is 150 cm³/mol. The Bertz CT molecular complexity index is 1670. The number of carbonyl (C=O) groups excluding carboxylic acids is 1. The normalized spacial score (nSPS) is 17.1. The zero-order valence-corrected chi connectivity index (χ0v) is 22.9. The summed E-state index contributed by atoms with van der Waals surface area (Å²) >= 11 is 0. The second-order valence-corrected chi connectivity index (χ2v) is 12.9. The Kier molecular flexibility index (Phi) is 6.91. The number of nitrogens with zero attached hydrogens (tertiary/aromatic N) is 3. The molecular weight excluding hydrogens is 533 g/mol. The molecule has 1 saturated carbocycles. The van der Waals surface area contributed by atoms with Crippen molar-refractivity contribution in [2.75, 3.05) is 23.4 Å². The lowest BCUT2D eigenvalue weighted by molar-refractivity contribution is 0.0950. The Morgan fingerprint density at radius 1 is 1.07 bits per heavy atom. The van der Waals surface area contributed by atoms with Gasteiger partial charge in [0.25, 0.3) is 5.91 Å². The smallest absolute Gasteiger partial charge is 0.251 e. The van der Waals surface area contributed by atoms with Crippen LogP contribution in [0.25, 0.3) is 16.9 Å². The number of ether oxygens (including phenoxy) is 1. The number of sulfone groups is 1. The number of amides is 1. The Balaban J connectivity index is 1.32. The molecule has 4 aromatic rings. The van der Waals surface area contributed by atoms with Crippen LogP contribution >= 0.6 is 0 Å². The van der Waals surface area contributed by atoms with E-state index in [1.165, 1.54) is 24.3 Å². The van der Waals surface area contributed by atoms with Gasteiger partial charge in [-0.3, -0.25) is 4.79 Å². The second-order valence-electron chi connectivity index (χ2n) is 10.6. The zero-order chi connectivity index (χ0) is 27.9. The van der Waals surface area contributed by atoms with Gasteiger partial charge in [0, 0.05) is 29.8 Å². The standard InChI is InChI=1S/C29H30FN5O4S/c1-18-14-20(2-9-24(18)29(36)33-22-5-6-22)26-17-32-28-25(31-16-19-10-12-40(37,38)13-11-19)15-27(34-35(26)28)39-23-7-3-21(30)4-8-23/h2-4,7-9,14-15,17,19,22,31H,5-6,10-13,16H2,1H3,(H,33,36). The highest BCUT2D eigenvalue weighted by Gasteiger charge is 2.25. The number of aryl methyl sites for hydroxylation is 1. The molecule has 11 heteroatoms. The van der Waals surface area contributed by atoms with Gasteiger partial charge >= 0.3 is 0 Å². The highest BCUT2D eigenvalue weighted by molar-refractivity contribution is 7.91. The number of hydrogen-bond acceptors (Lipinski definition) is 7. The number of fused-ring (bicyclic) bond motifs is 1. The van der Waals surface area contributed by atoms with Gasteiger partial charge in [0.1, 0.15) is 21.4 Å². The van der Waals surface area contributed by atoms with Gasteiger partial charge in [-0.05, 0) is 80.5 Å². The molecule has 0 unspecified atom stereocenters. The third-order valence-electron chi connectivity index (χ3n) is 7.42. The first kappa shape index (κ1) is 26.2. The van der Waals surface area contributed by atoms with Crippen LogP contribution in [0.15, 0.2) is 54.7 Å². The molecule has 208 valence electrons. The molecule has 1 aliphatic carbocycles. The molecule has 3 heterocycles. The molecule has 2 aromatic carbocycles. The van der Waals surface area contributed by atoms with E-state index < -0.39 is 9.84 Å². The summed E-state index contributed by atoms with van der Waals surface area (Å²) in [5, 5.41) is 11.1. The number of hydrogen-bond donors (Lipinski definition) is 2. The number of aromatic nitrogens is 3. The number of imidazole rings is 1. The number of carbonyl (C=O) groups is 1.